The Hall–Kier alpha value is -1.42. The van der Waals surface area contributed by atoms with E-state index in [1.807, 2.05) is 0 Å². The van der Waals surface area contributed by atoms with E-state index in [-0.39, 0.29) is 16.7 Å². The van der Waals surface area contributed by atoms with Crippen LogP contribution in [0.4, 0.5) is 5.69 Å². The molecule has 4 heteroatoms. The van der Waals surface area contributed by atoms with E-state index in [0.717, 1.165) is 18.4 Å². The van der Waals surface area contributed by atoms with Crippen LogP contribution in [0.5, 0.6) is 0 Å². The number of ether oxygens (including phenoxy) is 1. The molecule has 0 spiro atoms. The molecule has 2 rings (SSSR count). The van der Waals surface area contributed by atoms with Crippen molar-refractivity contribution < 1.29 is 9.66 Å². The first-order valence-electron chi connectivity index (χ1n) is 5.12. The number of non-ortho nitro benzene ring substituents is 1. The standard InChI is InChI=1S/C11H13NO3/c1-2-3-10-11(15-10)8-4-6-9(7-5-8)12(13)14/h4-7,10-11H,2-3H2,1H3/t10-,11-/m1/s1. The number of hydrogen-bond donors (Lipinski definition) is 0. The minimum atomic E-state index is -0.388. The van der Waals surface area contributed by atoms with E-state index in [1.54, 1.807) is 12.1 Å². The van der Waals surface area contributed by atoms with Crippen molar-refractivity contribution in [1.29, 1.82) is 0 Å². The van der Waals surface area contributed by atoms with Gasteiger partial charge in [0.15, 0.2) is 0 Å². The molecule has 0 aromatic heterocycles. The lowest BCUT2D eigenvalue weighted by molar-refractivity contribution is -0.384. The van der Waals surface area contributed by atoms with Gasteiger partial charge in [0.25, 0.3) is 5.69 Å². The first kappa shape index (κ1) is 10.1. The molecule has 1 heterocycles. The quantitative estimate of drug-likeness (QED) is 0.433. The van der Waals surface area contributed by atoms with Crippen LogP contribution in [0.15, 0.2) is 24.3 Å². The molecule has 2 atom stereocenters. The van der Waals surface area contributed by atoms with Gasteiger partial charge in [-0.05, 0) is 24.1 Å². The molecule has 0 N–H and O–H groups in total. The second-order valence-corrected chi connectivity index (χ2v) is 3.73. The molecule has 80 valence electrons. The fraction of sp³-hybridized carbons (Fsp3) is 0.455. The Balaban J connectivity index is 2.03. The zero-order valence-electron chi connectivity index (χ0n) is 8.55. The lowest BCUT2D eigenvalue weighted by atomic mass is 10.1. The molecule has 1 aliphatic heterocycles. The molecule has 1 fully saturated rings. The number of benzene rings is 1. The van der Waals surface area contributed by atoms with Crippen molar-refractivity contribution in [2.75, 3.05) is 0 Å². The predicted molar refractivity (Wildman–Crippen MR) is 55.6 cm³/mol. The molecule has 1 aliphatic rings. The van der Waals surface area contributed by atoms with Gasteiger partial charge in [0, 0.05) is 12.1 Å². The Morgan fingerprint density at radius 2 is 2.07 bits per heavy atom. The highest BCUT2D eigenvalue weighted by Crippen LogP contribution is 2.41. The zero-order valence-corrected chi connectivity index (χ0v) is 8.55. The van der Waals surface area contributed by atoms with Gasteiger partial charge in [-0.15, -0.1) is 0 Å². The molecule has 0 amide bonds. The number of nitro groups is 1. The molecule has 0 aliphatic carbocycles. The smallest absolute Gasteiger partial charge is 0.269 e. The third-order valence-corrected chi connectivity index (χ3v) is 2.59. The highest BCUT2D eigenvalue weighted by atomic mass is 16.6. The van der Waals surface area contributed by atoms with Crippen LogP contribution >= 0.6 is 0 Å². The van der Waals surface area contributed by atoms with Gasteiger partial charge in [0.2, 0.25) is 0 Å². The number of hydrogen-bond acceptors (Lipinski definition) is 3. The zero-order chi connectivity index (χ0) is 10.8. The molecule has 0 bridgehead atoms. The second-order valence-electron chi connectivity index (χ2n) is 3.73. The van der Waals surface area contributed by atoms with Gasteiger partial charge in [0.05, 0.1) is 11.0 Å². The van der Waals surface area contributed by atoms with E-state index in [9.17, 15) is 10.1 Å². The molecule has 0 saturated carbocycles. The van der Waals surface area contributed by atoms with Gasteiger partial charge in [-0.25, -0.2) is 0 Å². The lowest BCUT2D eigenvalue weighted by Crippen LogP contribution is -1.90. The highest BCUT2D eigenvalue weighted by Gasteiger charge is 2.38. The molecule has 1 aromatic carbocycles. The van der Waals surface area contributed by atoms with Crippen molar-refractivity contribution in [3.05, 3.63) is 39.9 Å². The molecule has 0 unspecified atom stereocenters. The Labute approximate surface area is 88.0 Å². The van der Waals surface area contributed by atoms with E-state index < -0.39 is 0 Å². The van der Waals surface area contributed by atoms with Crippen molar-refractivity contribution in [1.82, 2.24) is 0 Å². The van der Waals surface area contributed by atoms with E-state index in [4.69, 9.17) is 4.74 Å². The fourth-order valence-electron chi connectivity index (χ4n) is 1.73. The number of rotatable bonds is 4. The Kier molecular flexibility index (Phi) is 2.68. The van der Waals surface area contributed by atoms with Crippen LogP contribution in [0.25, 0.3) is 0 Å². The third-order valence-electron chi connectivity index (χ3n) is 2.59. The maximum atomic E-state index is 10.4. The Morgan fingerprint density at radius 1 is 1.40 bits per heavy atom. The van der Waals surface area contributed by atoms with Crippen LogP contribution in [0.2, 0.25) is 0 Å². The summed E-state index contributed by atoms with van der Waals surface area (Å²) in [6.45, 7) is 2.12. The van der Waals surface area contributed by atoms with Crippen LogP contribution < -0.4 is 0 Å². The monoisotopic (exact) mass is 207 g/mol. The molecular formula is C11H13NO3. The SMILES string of the molecule is CCC[C@H]1O[C@@H]1c1ccc([N+](=O)[O-])cc1. The van der Waals surface area contributed by atoms with Gasteiger partial charge >= 0.3 is 0 Å². The summed E-state index contributed by atoms with van der Waals surface area (Å²) in [6.07, 6.45) is 2.64. The summed E-state index contributed by atoms with van der Waals surface area (Å²) < 4.78 is 5.47. The van der Waals surface area contributed by atoms with Crippen LogP contribution in [0.1, 0.15) is 31.4 Å². The van der Waals surface area contributed by atoms with Crippen LogP contribution in [0, 0.1) is 10.1 Å². The summed E-state index contributed by atoms with van der Waals surface area (Å²) in [6, 6.07) is 6.61. The fourth-order valence-corrected chi connectivity index (χ4v) is 1.73. The molecule has 1 aromatic rings. The molecular weight excluding hydrogens is 194 g/mol. The summed E-state index contributed by atoms with van der Waals surface area (Å²) in [5, 5.41) is 10.4. The van der Waals surface area contributed by atoms with Crippen LogP contribution in [-0.2, 0) is 4.74 Å². The van der Waals surface area contributed by atoms with Crippen molar-refractivity contribution in [3.8, 4) is 0 Å². The summed E-state index contributed by atoms with van der Waals surface area (Å²) in [4.78, 5) is 10.1. The maximum absolute atomic E-state index is 10.4. The summed E-state index contributed by atoms with van der Waals surface area (Å²) in [5.74, 6) is 0. The van der Waals surface area contributed by atoms with Crippen molar-refractivity contribution in [3.63, 3.8) is 0 Å². The van der Waals surface area contributed by atoms with Gasteiger partial charge in [-0.1, -0.05) is 13.3 Å². The first-order valence-corrected chi connectivity index (χ1v) is 5.12. The average Bonchev–Trinajstić information content (AvgIpc) is 2.98. The topological polar surface area (TPSA) is 55.7 Å². The van der Waals surface area contributed by atoms with Crippen LogP contribution in [-0.4, -0.2) is 11.0 Å². The van der Waals surface area contributed by atoms with E-state index in [2.05, 4.69) is 6.92 Å². The molecule has 15 heavy (non-hydrogen) atoms. The van der Waals surface area contributed by atoms with E-state index in [0.29, 0.717) is 6.10 Å². The predicted octanol–water partition coefficient (Wildman–Crippen LogP) is 2.83. The summed E-state index contributed by atoms with van der Waals surface area (Å²) >= 11 is 0. The minimum absolute atomic E-state index is 0.131. The lowest BCUT2D eigenvalue weighted by Gasteiger charge is -1.95. The number of epoxide rings is 1. The summed E-state index contributed by atoms with van der Waals surface area (Å²) in [5.41, 5.74) is 1.17. The van der Waals surface area contributed by atoms with Crippen molar-refractivity contribution in [2.45, 2.75) is 32.0 Å². The largest absolute Gasteiger partial charge is 0.365 e. The number of nitrogens with zero attached hydrogens (tertiary/aromatic N) is 1. The Morgan fingerprint density at radius 3 is 2.60 bits per heavy atom. The second kappa shape index (κ2) is 3.98. The van der Waals surface area contributed by atoms with Crippen LogP contribution in [0.3, 0.4) is 0 Å². The normalized spacial score (nSPS) is 23.8. The minimum Gasteiger partial charge on any atom is -0.365 e. The molecule has 4 nitrogen and oxygen atoms in total. The van der Waals surface area contributed by atoms with E-state index in [1.165, 1.54) is 12.1 Å². The molecule has 1 saturated heterocycles. The van der Waals surface area contributed by atoms with Crippen molar-refractivity contribution in [2.24, 2.45) is 0 Å². The van der Waals surface area contributed by atoms with Gasteiger partial charge in [-0.2, -0.15) is 0 Å². The third kappa shape index (κ3) is 2.15. The van der Waals surface area contributed by atoms with E-state index >= 15 is 0 Å². The van der Waals surface area contributed by atoms with Gasteiger partial charge in [0.1, 0.15) is 6.10 Å². The molecule has 0 radical (unpaired) electrons. The average molecular weight is 207 g/mol. The number of nitro benzene ring substituents is 1. The first-order chi connectivity index (χ1) is 7.22. The summed E-state index contributed by atoms with van der Waals surface area (Å²) in [7, 11) is 0. The van der Waals surface area contributed by atoms with Gasteiger partial charge < -0.3 is 4.74 Å². The van der Waals surface area contributed by atoms with Crippen molar-refractivity contribution >= 4 is 5.69 Å². The highest BCUT2D eigenvalue weighted by molar-refractivity contribution is 5.35. The Bertz CT molecular complexity index is 361. The van der Waals surface area contributed by atoms with Gasteiger partial charge in [-0.3, -0.25) is 10.1 Å². The maximum Gasteiger partial charge on any atom is 0.269 e.